The fourth-order valence-corrected chi connectivity index (χ4v) is 5.60. The number of hydrogen-bond donors (Lipinski definition) is 1. The Bertz CT molecular complexity index is 984. The number of benzene rings is 2. The zero-order chi connectivity index (χ0) is 25.3. The van der Waals surface area contributed by atoms with Crippen molar-refractivity contribution in [3.05, 3.63) is 71.8 Å². The highest BCUT2D eigenvalue weighted by Crippen LogP contribution is 2.32. The number of hydrogen-bond acceptors (Lipinski definition) is 4. The molecule has 1 heterocycles. The Kier molecular flexibility index (Phi) is 9.46. The Hall–Kier alpha value is -2.79. The molecule has 0 unspecified atom stereocenters. The standard InChI is InChI=1S/C31H44N4O/c1-4-18-33-19-21-35(22-20-33)30-17-14-26(24-29(30)32-28-10-8-7-9-11-28)23-25-12-15-27(16-13-25)31(36)34(5-2)6-3/h4,12-17,24,28,32H,1,5-11,18-23H2,2-3H3. The zero-order valence-corrected chi connectivity index (χ0v) is 22.3. The molecule has 1 amide bonds. The van der Waals surface area contributed by atoms with E-state index in [1.807, 2.05) is 37.0 Å². The summed E-state index contributed by atoms with van der Waals surface area (Å²) in [5.41, 5.74) is 5.94. The van der Waals surface area contributed by atoms with Gasteiger partial charge in [0, 0.05) is 57.4 Å². The van der Waals surface area contributed by atoms with Crippen LogP contribution >= 0.6 is 0 Å². The van der Waals surface area contributed by atoms with Crippen LogP contribution in [0.15, 0.2) is 55.1 Å². The highest BCUT2D eigenvalue weighted by Gasteiger charge is 2.21. The second kappa shape index (κ2) is 13.0. The first-order chi connectivity index (χ1) is 17.6. The lowest BCUT2D eigenvalue weighted by Gasteiger charge is -2.37. The van der Waals surface area contributed by atoms with Crippen molar-refractivity contribution < 1.29 is 4.79 Å². The van der Waals surface area contributed by atoms with E-state index in [4.69, 9.17) is 0 Å². The molecule has 1 aliphatic carbocycles. The van der Waals surface area contributed by atoms with Crippen LogP contribution in [0.2, 0.25) is 0 Å². The van der Waals surface area contributed by atoms with Gasteiger partial charge in [-0.1, -0.05) is 43.5 Å². The van der Waals surface area contributed by atoms with Crippen molar-refractivity contribution in [1.82, 2.24) is 9.80 Å². The summed E-state index contributed by atoms with van der Waals surface area (Å²) >= 11 is 0. The van der Waals surface area contributed by atoms with Crippen LogP contribution in [0.4, 0.5) is 11.4 Å². The molecule has 2 aromatic rings. The van der Waals surface area contributed by atoms with E-state index in [2.05, 4.69) is 52.0 Å². The summed E-state index contributed by atoms with van der Waals surface area (Å²) in [6, 6.07) is 15.7. The molecular weight excluding hydrogens is 444 g/mol. The first-order valence-electron chi connectivity index (χ1n) is 14.0. The van der Waals surface area contributed by atoms with E-state index in [9.17, 15) is 4.79 Å². The van der Waals surface area contributed by atoms with Gasteiger partial charge >= 0.3 is 0 Å². The summed E-state index contributed by atoms with van der Waals surface area (Å²) in [6.07, 6.45) is 9.41. The molecule has 36 heavy (non-hydrogen) atoms. The molecule has 0 aromatic heterocycles. The summed E-state index contributed by atoms with van der Waals surface area (Å²) in [7, 11) is 0. The summed E-state index contributed by atoms with van der Waals surface area (Å²) < 4.78 is 0. The Morgan fingerprint density at radius 3 is 2.28 bits per heavy atom. The van der Waals surface area contributed by atoms with E-state index in [1.165, 1.54) is 54.6 Å². The molecule has 5 nitrogen and oxygen atoms in total. The molecule has 1 N–H and O–H groups in total. The van der Waals surface area contributed by atoms with E-state index >= 15 is 0 Å². The molecule has 194 valence electrons. The van der Waals surface area contributed by atoms with Crippen LogP contribution in [0.5, 0.6) is 0 Å². The normalized spacial score (nSPS) is 17.1. The number of amides is 1. The third-order valence-corrected chi connectivity index (χ3v) is 7.79. The van der Waals surface area contributed by atoms with E-state index in [-0.39, 0.29) is 5.91 Å². The third-order valence-electron chi connectivity index (χ3n) is 7.79. The molecule has 5 heteroatoms. The fourth-order valence-electron chi connectivity index (χ4n) is 5.60. The van der Waals surface area contributed by atoms with Crippen LogP contribution in [-0.2, 0) is 6.42 Å². The van der Waals surface area contributed by atoms with Gasteiger partial charge in [0.05, 0.1) is 11.4 Å². The maximum absolute atomic E-state index is 12.7. The monoisotopic (exact) mass is 488 g/mol. The van der Waals surface area contributed by atoms with Crippen LogP contribution in [-0.4, -0.2) is 67.6 Å². The molecule has 0 atom stereocenters. The van der Waals surface area contributed by atoms with Gasteiger partial charge in [0.15, 0.2) is 0 Å². The van der Waals surface area contributed by atoms with Crippen molar-refractivity contribution in [1.29, 1.82) is 0 Å². The predicted octanol–water partition coefficient (Wildman–Crippen LogP) is 5.81. The van der Waals surface area contributed by atoms with Gasteiger partial charge in [-0.2, -0.15) is 0 Å². The lowest BCUT2D eigenvalue weighted by atomic mass is 9.95. The van der Waals surface area contributed by atoms with Gasteiger partial charge < -0.3 is 15.1 Å². The van der Waals surface area contributed by atoms with Crippen LogP contribution in [0.3, 0.4) is 0 Å². The van der Waals surface area contributed by atoms with Crippen molar-refractivity contribution in [2.45, 2.75) is 58.4 Å². The molecule has 2 fully saturated rings. The molecule has 1 aliphatic heterocycles. The Morgan fingerprint density at radius 1 is 0.972 bits per heavy atom. The van der Waals surface area contributed by atoms with Crippen molar-refractivity contribution in [2.75, 3.05) is 56.0 Å². The minimum Gasteiger partial charge on any atom is -0.381 e. The molecule has 0 bridgehead atoms. The topological polar surface area (TPSA) is 38.8 Å². The van der Waals surface area contributed by atoms with Gasteiger partial charge in [-0.05, 0) is 68.5 Å². The van der Waals surface area contributed by atoms with Gasteiger partial charge in [-0.3, -0.25) is 9.69 Å². The first kappa shape index (κ1) is 26.3. The third kappa shape index (κ3) is 6.70. The molecule has 2 aromatic carbocycles. The zero-order valence-electron chi connectivity index (χ0n) is 22.3. The molecule has 2 aliphatic rings. The molecule has 0 radical (unpaired) electrons. The number of carbonyl (C=O) groups is 1. The summed E-state index contributed by atoms with van der Waals surface area (Å²) in [5, 5.41) is 3.94. The number of piperazine rings is 1. The smallest absolute Gasteiger partial charge is 0.253 e. The minimum atomic E-state index is 0.114. The highest BCUT2D eigenvalue weighted by molar-refractivity contribution is 5.94. The SMILES string of the molecule is C=CCN1CCN(c2ccc(Cc3ccc(C(=O)N(CC)CC)cc3)cc2NC2CCCCC2)CC1. The summed E-state index contributed by atoms with van der Waals surface area (Å²) in [6.45, 7) is 14.7. The molecule has 0 spiro atoms. The molecule has 1 saturated carbocycles. The molecular formula is C31H44N4O. The lowest BCUT2D eigenvalue weighted by molar-refractivity contribution is 0.0773. The number of nitrogens with one attached hydrogen (secondary N) is 1. The second-order valence-corrected chi connectivity index (χ2v) is 10.3. The van der Waals surface area contributed by atoms with Crippen LogP contribution in [0.1, 0.15) is 67.4 Å². The van der Waals surface area contributed by atoms with Crippen molar-refractivity contribution in [2.24, 2.45) is 0 Å². The van der Waals surface area contributed by atoms with Crippen LogP contribution < -0.4 is 10.2 Å². The maximum atomic E-state index is 12.7. The number of rotatable bonds is 10. The predicted molar refractivity (Wildman–Crippen MR) is 152 cm³/mol. The average molecular weight is 489 g/mol. The highest BCUT2D eigenvalue weighted by atomic mass is 16.2. The first-order valence-corrected chi connectivity index (χ1v) is 14.0. The van der Waals surface area contributed by atoms with Gasteiger partial charge in [0.25, 0.3) is 5.91 Å². The number of carbonyl (C=O) groups excluding carboxylic acids is 1. The largest absolute Gasteiger partial charge is 0.381 e. The van der Waals surface area contributed by atoms with E-state index in [0.717, 1.165) is 57.8 Å². The van der Waals surface area contributed by atoms with Crippen LogP contribution in [0, 0.1) is 0 Å². The minimum absolute atomic E-state index is 0.114. The van der Waals surface area contributed by atoms with Gasteiger partial charge in [0.2, 0.25) is 0 Å². The number of anilines is 2. The van der Waals surface area contributed by atoms with E-state index in [0.29, 0.717) is 6.04 Å². The van der Waals surface area contributed by atoms with Crippen LogP contribution in [0.25, 0.3) is 0 Å². The second-order valence-electron chi connectivity index (χ2n) is 10.3. The van der Waals surface area contributed by atoms with Gasteiger partial charge in [-0.15, -0.1) is 6.58 Å². The fraction of sp³-hybridized carbons (Fsp3) is 0.516. The maximum Gasteiger partial charge on any atom is 0.253 e. The van der Waals surface area contributed by atoms with Crippen molar-refractivity contribution in [3.8, 4) is 0 Å². The number of nitrogens with zero attached hydrogens (tertiary/aromatic N) is 3. The Balaban J connectivity index is 1.50. The average Bonchev–Trinajstić information content (AvgIpc) is 2.91. The van der Waals surface area contributed by atoms with Crippen molar-refractivity contribution in [3.63, 3.8) is 0 Å². The summed E-state index contributed by atoms with van der Waals surface area (Å²) in [5.74, 6) is 0.114. The lowest BCUT2D eigenvalue weighted by Crippen LogP contribution is -2.46. The van der Waals surface area contributed by atoms with Crippen molar-refractivity contribution >= 4 is 17.3 Å². The van der Waals surface area contributed by atoms with Gasteiger partial charge in [-0.25, -0.2) is 0 Å². The van der Waals surface area contributed by atoms with Gasteiger partial charge in [0.1, 0.15) is 0 Å². The Labute approximate surface area is 218 Å². The molecule has 4 rings (SSSR count). The van der Waals surface area contributed by atoms with E-state index < -0.39 is 0 Å². The molecule has 1 saturated heterocycles. The quantitative estimate of drug-likeness (QED) is 0.428. The van der Waals surface area contributed by atoms with E-state index in [1.54, 1.807) is 0 Å². The summed E-state index contributed by atoms with van der Waals surface area (Å²) in [4.78, 5) is 19.5. The Morgan fingerprint density at radius 2 is 1.64 bits per heavy atom.